The molecule has 0 unspecified atom stereocenters. The molecule has 0 aliphatic heterocycles. The van der Waals surface area contributed by atoms with Crippen molar-refractivity contribution in [2.45, 2.75) is 52.0 Å². The number of benzene rings is 5. The van der Waals surface area contributed by atoms with Gasteiger partial charge >= 0.3 is 24.1 Å². The lowest BCUT2D eigenvalue weighted by molar-refractivity contribution is -0.132. The largest absolute Gasteiger partial charge is 0.507 e. The highest BCUT2D eigenvalue weighted by Crippen LogP contribution is 2.32. The molecular weight excluding hydrogens is 812 g/mol. The Labute approximate surface area is 342 Å². The molecule has 5 rings (SSSR count). The average molecular weight is 852 g/mol. The number of Topliss-reactive ketones (excluding diaryl/α,β-unsaturated/α-hetero) is 2. The summed E-state index contributed by atoms with van der Waals surface area (Å²) in [4.78, 5) is 78.7. The molecule has 0 saturated carbocycles. The number of carbonyl (C=O) groups is 6. The topological polar surface area (TPSA) is 184 Å². The molecule has 0 bridgehead atoms. The van der Waals surface area contributed by atoms with Crippen LogP contribution in [0.15, 0.2) is 126 Å². The van der Waals surface area contributed by atoms with Gasteiger partial charge in [0.2, 0.25) is 0 Å². The summed E-state index contributed by atoms with van der Waals surface area (Å²) in [5, 5.41) is 16.5. The van der Waals surface area contributed by atoms with E-state index in [9.17, 15) is 33.9 Å². The van der Waals surface area contributed by atoms with Crippen LogP contribution >= 0.6 is 15.9 Å². The van der Waals surface area contributed by atoms with Gasteiger partial charge < -0.3 is 34.7 Å². The van der Waals surface area contributed by atoms with E-state index in [1.165, 1.54) is 50.2 Å². The third kappa shape index (κ3) is 12.4. The highest BCUT2D eigenvalue weighted by molar-refractivity contribution is 9.10. The molecule has 298 valence electrons. The SMILES string of the molecule is CC(=O)Oc1ccc(C[C@H](NC(=O)OCc2ccccc2)C(=O)c2c(O)ccc(Br)c2C(=O)[C@H](Cc2ccc(OC(C)=O)cc2)NC(=O)OCc2ccccc2)cc1. The van der Waals surface area contributed by atoms with Crippen LogP contribution in [0.2, 0.25) is 0 Å². The van der Waals surface area contributed by atoms with Crippen molar-refractivity contribution in [1.29, 1.82) is 0 Å². The standard InChI is InChI=1S/C44H39BrN2O11/c1-27(48)57-33-17-13-29(14-18-33)23-36(46-43(53)55-25-31-9-5-3-6-10-31)41(51)39-35(45)21-22-38(50)40(39)42(52)37(24-30-15-19-34(20-16-30)58-28(2)49)47-44(54)56-26-32-11-7-4-8-12-32/h3-22,36-37,50H,23-26H2,1-2H3,(H,46,53)(H,47,54)/t36-,37-/m0/s1. The van der Waals surface area contributed by atoms with E-state index in [4.69, 9.17) is 18.9 Å². The number of rotatable bonds is 16. The number of phenolic OH excluding ortho intramolecular Hbond substituents is 1. The Morgan fingerprint density at radius 1 is 0.534 bits per heavy atom. The molecule has 0 saturated heterocycles. The zero-order valence-corrected chi connectivity index (χ0v) is 33.0. The quantitative estimate of drug-likeness (QED) is 0.0509. The summed E-state index contributed by atoms with van der Waals surface area (Å²) in [6, 6.07) is 30.1. The second kappa shape index (κ2) is 20.4. The first-order chi connectivity index (χ1) is 27.9. The van der Waals surface area contributed by atoms with Gasteiger partial charge in [-0.25, -0.2) is 9.59 Å². The molecule has 5 aromatic carbocycles. The zero-order valence-electron chi connectivity index (χ0n) is 31.4. The number of alkyl carbamates (subject to hydrolysis) is 2. The second-order valence-electron chi connectivity index (χ2n) is 12.9. The lowest BCUT2D eigenvalue weighted by Crippen LogP contribution is -2.45. The van der Waals surface area contributed by atoms with Crippen LogP contribution in [-0.4, -0.2) is 52.9 Å². The van der Waals surface area contributed by atoms with Gasteiger partial charge in [0, 0.05) is 36.7 Å². The number of amides is 2. The van der Waals surface area contributed by atoms with Gasteiger partial charge in [-0.3, -0.25) is 19.2 Å². The zero-order chi connectivity index (χ0) is 41.6. The van der Waals surface area contributed by atoms with Crippen molar-refractivity contribution in [3.8, 4) is 17.2 Å². The highest BCUT2D eigenvalue weighted by Gasteiger charge is 2.34. The van der Waals surface area contributed by atoms with E-state index in [0.717, 1.165) is 0 Å². The predicted molar refractivity (Wildman–Crippen MR) is 214 cm³/mol. The van der Waals surface area contributed by atoms with Crippen molar-refractivity contribution >= 4 is 51.6 Å². The van der Waals surface area contributed by atoms with Crippen molar-refractivity contribution in [2.75, 3.05) is 0 Å². The summed E-state index contributed by atoms with van der Waals surface area (Å²) in [5.74, 6) is -2.72. The third-order valence-electron chi connectivity index (χ3n) is 8.52. The fourth-order valence-electron chi connectivity index (χ4n) is 5.83. The predicted octanol–water partition coefficient (Wildman–Crippen LogP) is 7.45. The number of ether oxygens (including phenoxy) is 4. The van der Waals surface area contributed by atoms with Gasteiger partial charge in [-0.1, -0.05) is 101 Å². The summed E-state index contributed by atoms with van der Waals surface area (Å²) in [5.41, 5.74) is 1.76. The lowest BCUT2D eigenvalue weighted by atomic mass is 9.89. The van der Waals surface area contributed by atoms with Crippen molar-refractivity contribution in [1.82, 2.24) is 10.6 Å². The number of hydrogen-bond donors (Lipinski definition) is 3. The number of phenols is 1. The fourth-order valence-corrected chi connectivity index (χ4v) is 6.35. The second-order valence-corrected chi connectivity index (χ2v) is 13.8. The van der Waals surface area contributed by atoms with Crippen LogP contribution in [0.25, 0.3) is 0 Å². The lowest BCUT2D eigenvalue weighted by Gasteiger charge is -2.23. The Hall–Kier alpha value is -6.80. The van der Waals surface area contributed by atoms with Crippen LogP contribution in [0.5, 0.6) is 17.2 Å². The van der Waals surface area contributed by atoms with E-state index in [2.05, 4.69) is 26.6 Å². The molecule has 0 aromatic heterocycles. The Morgan fingerprint density at radius 3 is 1.33 bits per heavy atom. The summed E-state index contributed by atoms with van der Waals surface area (Å²) in [6.07, 6.45) is -2.13. The van der Waals surface area contributed by atoms with Crippen molar-refractivity contribution in [3.05, 3.63) is 159 Å². The number of esters is 2. The molecule has 2 amide bonds. The molecule has 2 atom stereocenters. The van der Waals surface area contributed by atoms with Gasteiger partial charge in [0.15, 0.2) is 11.6 Å². The highest BCUT2D eigenvalue weighted by atomic mass is 79.9. The fraction of sp³-hybridized carbons (Fsp3) is 0.182. The molecule has 5 aromatic rings. The minimum atomic E-state index is -1.40. The molecule has 3 N–H and O–H groups in total. The van der Waals surface area contributed by atoms with E-state index in [1.807, 2.05) is 12.1 Å². The van der Waals surface area contributed by atoms with E-state index in [-0.39, 0.29) is 47.6 Å². The Morgan fingerprint density at radius 2 is 0.931 bits per heavy atom. The molecule has 14 heteroatoms. The maximum absolute atomic E-state index is 14.7. The van der Waals surface area contributed by atoms with Crippen LogP contribution in [0.1, 0.15) is 56.8 Å². The van der Waals surface area contributed by atoms with Crippen LogP contribution in [-0.2, 0) is 45.1 Å². The van der Waals surface area contributed by atoms with Crippen LogP contribution < -0.4 is 20.1 Å². The van der Waals surface area contributed by atoms with Gasteiger partial charge in [0.05, 0.1) is 17.6 Å². The molecule has 0 radical (unpaired) electrons. The van der Waals surface area contributed by atoms with Crippen molar-refractivity contribution in [2.24, 2.45) is 0 Å². The first-order valence-corrected chi connectivity index (χ1v) is 18.7. The van der Waals surface area contributed by atoms with Crippen LogP contribution in [0, 0.1) is 0 Å². The smallest absolute Gasteiger partial charge is 0.408 e. The first-order valence-electron chi connectivity index (χ1n) is 17.9. The monoisotopic (exact) mass is 850 g/mol. The van der Waals surface area contributed by atoms with Gasteiger partial charge in [-0.05, 0) is 58.7 Å². The Bertz CT molecular complexity index is 2090. The molecule has 0 aliphatic carbocycles. The minimum Gasteiger partial charge on any atom is -0.507 e. The van der Waals surface area contributed by atoms with E-state index < -0.39 is 59.1 Å². The molecule has 0 fully saturated rings. The number of halogens is 1. The number of hydrogen-bond acceptors (Lipinski definition) is 11. The van der Waals surface area contributed by atoms with E-state index >= 15 is 0 Å². The van der Waals surface area contributed by atoms with Crippen LogP contribution in [0.3, 0.4) is 0 Å². The van der Waals surface area contributed by atoms with Gasteiger partial charge in [-0.2, -0.15) is 0 Å². The Kier molecular flexibility index (Phi) is 14.9. The number of aromatic hydroxyl groups is 1. The first kappa shape index (κ1) is 42.3. The molecule has 0 spiro atoms. The molecule has 13 nitrogen and oxygen atoms in total. The van der Waals surface area contributed by atoms with Gasteiger partial charge in [0.1, 0.15) is 30.5 Å². The van der Waals surface area contributed by atoms with Crippen molar-refractivity contribution < 1.29 is 52.8 Å². The van der Waals surface area contributed by atoms with Gasteiger partial charge in [0.25, 0.3) is 0 Å². The summed E-state index contributed by atoms with van der Waals surface area (Å²) in [7, 11) is 0. The summed E-state index contributed by atoms with van der Waals surface area (Å²) < 4.78 is 21.2. The molecule has 0 heterocycles. The molecule has 58 heavy (non-hydrogen) atoms. The van der Waals surface area contributed by atoms with Crippen LogP contribution in [0.4, 0.5) is 9.59 Å². The third-order valence-corrected chi connectivity index (χ3v) is 9.18. The maximum atomic E-state index is 14.7. The van der Waals surface area contributed by atoms with Gasteiger partial charge in [-0.15, -0.1) is 0 Å². The van der Waals surface area contributed by atoms with E-state index in [0.29, 0.717) is 22.3 Å². The van der Waals surface area contributed by atoms with E-state index in [1.54, 1.807) is 72.8 Å². The summed E-state index contributed by atoms with van der Waals surface area (Å²) >= 11 is 3.38. The maximum Gasteiger partial charge on any atom is 0.408 e. The summed E-state index contributed by atoms with van der Waals surface area (Å²) in [6.45, 7) is 2.31. The average Bonchev–Trinajstić information content (AvgIpc) is 3.21. The number of nitrogens with one attached hydrogen (secondary N) is 2. The number of ketones is 2. The van der Waals surface area contributed by atoms with Crippen molar-refractivity contribution in [3.63, 3.8) is 0 Å². The molecular formula is C44H39BrN2O11. The minimum absolute atomic E-state index is 0.0974. The normalized spacial score (nSPS) is 11.6. The number of carbonyl (C=O) groups excluding carboxylic acids is 6. The molecule has 0 aliphatic rings. The Balaban J connectivity index is 1.48.